The molecule has 4 rings (SSSR count). The van der Waals surface area contributed by atoms with Crippen molar-refractivity contribution in [2.24, 2.45) is 5.92 Å². The maximum Gasteiger partial charge on any atom is 0.165 e. The molecule has 5 unspecified atom stereocenters. The molecular formula is C18H25NO2. The van der Waals surface area contributed by atoms with E-state index in [1.165, 1.54) is 24.8 Å². The Morgan fingerprint density at radius 2 is 2.05 bits per heavy atom. The van der Waals surface area contributed by atoms with Gasteiger partial charge in [0.05, 0.1) is 0 Å². The quantitative estimate of drug-likeness (QED) is 0.862. The van der Waals surface area contributed by atoms with E-state index >= 15 is 0 Å². The number of hydrogen-bond donors (Lipinski definition) is 1. The topological polar surface area (TPSA) is 32.7 Å². The van der Waals surface area contributed by atoms with Crippen LogP contribution in [0.25, 0.3) is 0 Å². The Morgan fingerprint density at radius 1 is 1.29 bits per heavy atom. The van der Waals surface area contributed by atoms with Crippen LogP contribution in [0.4, 0.5) is 0 Å². The number of aliphatic hydroxyl groups is 1. The first-order valence-corrected chi connectivity index (χ1v) is 8.27. The largest absolute Gasteiger partial charge is 0.366 e. The summed E-state index contributed by atoms with van der Waals surface area (Å²) in [6.45, 7) is 5.28. The Balaban J connectivity index is 1.84. The van der Waals surface area contributed by atoms with Crippen molar-refractivity contribution >= 4 is 0 Å². The minimum atomic E-state index is -1.02. The molecule has 0 aromatic heterocycles. The van der Waals surface area contributed by atoms with E-state index in [4.69, 9.17) is 4.74 Å². The normalized spacial score (nSPS) is 46.3. The van der Waals surface area contributed by atoms with Crippen LogP contribution < -0.4 is 0 Å². The van der Waals surface area contributed by atoms with Gasteiger partial charge in [-0.25, -0.2) is 0 Å². The van der Waals surface area contributed by atoms with Crippen molar-refractivity contribution in [2.45, 2.75) is 63.0 Å². The summed E-state index contributed by atoms with van der Waals surface area (Å²) >= 11 is 0. The summed E-state index contributed by atoms with van der Waals surface area (Å²) in [5.74, 6) is -0.593. The lowest BCUT2D eigenvalue weighted by Gasteiger charge is -2.51. The molecule has 0 amide bonds. The van der Waals surface area contributed by atoms with E-state index in [1.807, 2.05) is 13.0 Å². The van der Waals surface area contributed by atoms with Gasteiger partial charge in [0.15, 0.2) is 5.79 Å². The predicted molar refractivity (Wildman–Crippen MR) is 81.7 cm³/mol. The first-order valence-electron chi connectivity index (χ1n) is 8.27. The van der Waals surface area contributed by atoms with Crippen LogP contribution in [0.3, 0.4) is 0 Å². The second kappa shape index (κ2) is 4.55. The Kier molecular flexibility index (Phi) is 2.97. The van der Waals surface area contributed by atoms with E-state index < -0.39 is 5.79 Å². The van der Waals surface area contributed by atoms with Gasteiger partial charge in [0, 0.05) is 18.5 Å². The van der Waals surface area contributed by atoms with Crippen LogP contribution in [-0.2, 0) is 10.3 Å². The fraction of sp³-hybridized carbons (Fsp3) is 0.667. The lowest BCUT2D eigenvalue weighted by molar-refractivity contribution is -0.241. The van der Waals surface area contributed by atoms with E-state index in [1.54, 1.807) is 0 Å². The molecule has 1 N–H and O–H groups in total. The lowest BCUT2D eigenvalue weighted by Crippen LogP contribution is -2.58. The van der Waals surface area contributed by atoms with Crippen molar-refractivity contribution in [3.63, 3.8) is 0 Å². The number of hydrogen-bond acceptors (Lipinski definition) is 3. The summed E-state index contributed by atoms with van der Waals surface area (Å²) in [4.78, 5) is 2.62. The van der Waals surface area contributed by atoms with Crippen LogP contribution >= 0.6 is 0 Å². The summed E-state index contributed by atoms with van der Waals surface area (Å²) in [5, 5.41) is 10.6. The van der Waals surface area contributed by atoms with Crippen LogP contribution in [0, 0.1) is 5.92 Å². The predicted octanol–water partition coefficient (Wildman–Crippen LogP) is 2.88. The van der Waals surface area contributed by atoms with E-state index in [0.717, 1.165) is 6.54 Å². The Hall–Kier alpha value is -0.900. The molecule has 3 aliphatic rings. The fourth-order valence-electron chi connectivity index (χ4n) is 5.12. The number of fused-ring (bicyclic) bond motifs is 3. The fourth-order valence-corrected chi connectivity index (χ4v) is 5.12. The van der Waals surface area contributed by atoms with Crippen LogP contribution in [0.1, 0.15) is 45.1 Å². The van der Waals surface area contributed by atoms with Crippen LogP contribution in [0.5, 0.6) is 0 Å². The van der Waals surface area contributed by atoms with Crippen molar-refractivity contribution < 1.29 is 9.84 Å². The monoisotopic (exact) mass is 287 g/mol. The van der Waals surface area contributed by atoms with Crippen molar-refractivity contribution in [1.82, 2.24) is 4.90 Å². The number of nitrogens with zero attached hydrogens (tertiary/aromatic N) is 1. The van der Waals surface area contributed by atoms with E-state index in [0.29, 0.717) is 24.4 Å². The molecule has 3 fully saturated rings. The van der Waals surface area contributed by atoms with E-state index in [-0.39, 0.29) is 5.60 Å². The minimum Gasteiger partial charge on any atom is -0.366 e. The smallest absolute Gasteiger partial charge is 0.165 e. The first-order chi connectivity index (χ1) is 10.0. The van der Waals surface area contributed by atoms with Crippen LogP contribution in [0.2, 0.25) is 0 Å². The van der Waals surface area contributed by atoms with Gasteiger partial charge in [-0.15, -0.1) is 0 Å². The molecule has 3 saturated heterocycles. The molecular weight excluding hydrogens is 262 g/mol. The standard InChI is InChI=1S/C18H25NO2/c1-13-11-15-9-6-10-19(15)16-12-17(2,20)21-18(13,16)14-7-4-3-5-8-14/h3-5,7-8,13,15-16,20H,6,9-12H2,1-2H3. The van der Waals surface area contributed by atoms with Crippen molar-refractivity contribution in [3.05, 3.63) is 35.9 Å². The molecule has 3 heterocycles. The average molecular weight is 287 g/mol. The molecule has 3 nitrogen and oxygen atoms in total. The van der Waals surface area contributed by atoms with Gasteiger partial charge in [-0.2, -0.15) is 0 Å². The van der Waals surface area contributed by atoms with Crippen molar-refractivity contribution in [2.75, 3.05) is 6.54 Å². The van der Waals surface area contributed by atoms with Crippen molar-refractivity contribution in [1.29, 1.82) is 0 Å². The highest BCUT2D eigenvalue weighted by atomic mass is 16.6. The molecule has 21 heavy (non-hydrogen) atoms. The molecule has 114 valence electrons. The molecule has 1 aromatic carbocycles. The third-order valence-corrected chi connectivity index (χ3v) is 5.86. The van der Waals surface area contributed by atoms with Gasteiger partial charge >= 0.3 is 0 Å². The Labute approximate surface area is 126 Å². The summed E-state index contributed by atoms with van der Waals surface area (Å²) in [5.41, 5.74) is 0.872. The molecule has 5 atom stereocenters. The maximum atomic E-state index is 10.6. The zero-order valence-electron chi connectivity index (χ0n) is 13.0. The third-order valence-electron chi connectivity index (χ3n) is 5.86. The van der Waals surface area contributed by atoms with E-state index in [2.05, 4.69) is 36.1 Å². The summed E-state index contributed by atoms with van der Waals surface area (Å²) in [7, 11) is 0. The number of piperidine rings is 1. The summed E-state index contributed by atoms with van der Waals surface area (Å²) < 4.78 is 6.36. The van der Waals surface area contributed by atoms with Gasteiger partial charge < -0.3 is 9.84 Å². The Bertz CT molecular complexity index is 529. The number of benzene rings is 1. The lowest BCUT2D eigenvalue weighted by atomic mass is 9.70. The number of ether oxygens (including phenoxy) is 1. The highest BCUT2D eigenvalue weighted by Crippen LogP contribution is 2.56. The zero-order valence-corrected chi connectivity index (χ0v) is 13.0. The van der Waals surface area contributed by atoms with Gasteiger partial charge in [-0.3, -0.25) is 4.90 Å². The second-order valence-corrected chi connectivity index (χ2v) is 7.33. The minimum absolute atomic E-state index is 0.297. The van der Waals surface area contributed by atoms with E-state index in [9.17, 15) is 5.11 Å². The van der Waals surface area contributed by atoms with Gasteiger partial charge in [-0.05, 0) is 44.2 Å². The molecule has 3 heteroatoms. The molecule has 3 aliphatic heterocycles. The zero-order chi connectivity index (χ0) is 14.7. The summed E-state index contributed by atoms with van der Waals surface area (Å²) in [6, 6.07) is 11.5. The summed E-state index contributed by atoms with van der Waals surface area (Å²) in [6.07, 6.45) is 4.46. The van der Waals surface area contributed by atoms with Crippen molar-refractivity contribution in [3.8, 4) is 0 Å². The Morgan fingerprint density at radius 3 is 2.81 bits per heavy atom. The molecule has 1 aromatic rings. The highest BCUT2D eigenvalue weighted by Gasteiger charge is 2.62. The number of rotatable bonds is 1. The maximum absolute atomic E-state index is 10.6. The van der Waals surface area contributed by atoms with Gasteiger partial charge in [0.1, 0.15) is 5.60 Å². The van der Waals surface area contributed by atoms with Gasteiger partial charge in [0.2, 0.25) is 0 Å². The SMILES string of the molecule is CC1CC2CCCN2C2CC(C)(O)OC12c1ccccc1. The molecule has 0 spiro atoms. The molecule has 0 aliphatic carbocycles. The highest BCUT2D eigenvalue weighted by molar-refractivity contribution is 5.30. The molecule has 0 bridgehead atoms. The van der Waals surface area contributed by atoms with Crippen LogP contribution in [0.15, 0.2) is 30.3 Å². The molecule has 0 saturated carbocycles. The molecule has 0 radical (unpaired) electrons. The average Bonchev–Trinajstić information content (AvgIpc) is 3.01. The first kappa shape index (κ1) is 13.7. The third kappa shape index (κ3) is 1.91. The second-order valence-electron chi connectivity index (χ2n) is 7.33. The van der Waals surface area contributed by atoms with Gasteiger partial charge in [-0.1, -0.05) is 37.3 Å². The van der Waals surface area contributed by atoms with Crippen LogP contribution in [-0.4, -0.2) is 34.4 Å². The van der Waals surface area contributed by atoms with Gasteiger partial charge in [0.25, 0.3) is 0 Å².